The van der Waals surface area contributed by atoms with Crippen molar-refractivity contribution in [2.24, 2.45) is 11.7 Å². The Morgan fingerprint density at radius 3 is 2.39 bits per heavy atom. The first-order valence-electron chi connectivity index (χ1n) is 11.2. The molecule has 0 saturated heterocycles. The van der Waals surface area contributed by atoms with Crippen LogP contribution in [0.5, 0.6) is 5.75 Å². The molecule has 36 heavy (non-hydrogen) atoms. The first kappa shape index (κ1) is 27.0. The number of aromatic nitrogens is 1. The summed E-state index contributed by atoms with van der Waals surface area (Å²) in [4.78, 5) is 40.5. The number of nitrogens with one attached hydrogen (secondary N) is 1. The molecule has 1 atom stereocenters. The fourth-order valence-corrected chi connectivity index (χ4v) is 4.43. The SMILES string of the molecule is Cc1ccc(N(C(=O)c2snc(C(N)=O)c2N)[C@H](C(=O)NCCC(C)C)c2ccc(O)cc2)cc1Cl. The van der Waals surface area contributed by atoms with Gasteiger partial charge in [-0.25, -0.2) is 0 Å². The second kappa shape index (κ2) is 11.4. The van der Waals surface area contributed by atoms with Crippen molar-refractivity contribution in [2.75, 3.05) is 17.2 Å². The normalized spacial score (nSPS) is 11.8. The highest BCUT2D eigenvalue weighted by Crippen LogP contribution is 2.35. The van der Waals surface area contributed by atoms with Gasteiger partial charge in [0.05, 0.1) is 5.69 Å². The number of aryl methyl sites for hydroxylation is 1. The minimum Gasteiger partial charge on any atom is -0.508 e. The van der Waals surface area contributed by atoms with Crippen LogP contribution in [0.4, 0.5) is 11.4 Å². The van der Waals surface area contributed by atoms with E-state index in [0.717, 1.165) is 23.5 Å². The van der Waals surface area contributed by atoms with Crippen LogP contribution in [0.15, 0.2) is 42.5 Å². The van der Waals surface area contributed by atoms with Crippen molar-refractivity contribution >= 4 is 52.2 Å². The highest BCUT2D eigenvalue weighted by atomic mass is 35.5. The van der Waals surface area contributed by atoms with E-state index in [1.54, 1.807) is 30.3 Å². The molecule has 0 radical (unpaired) electrons. The summed E-state index contributed by atoms with van der Waals surface area (Å²) in [6.07, 6.45) is 0.738. The summed E-state index contributed by atoms with van der Waals surface area (Å²) in [5.41, 5.74) is 12.6. The smallest absolute Gasteiger partial charge is 0.273 e. The Hall–Kier alpha value is -3.63. The fraction of sp³-hybridized carbons (Fsp3) is 0.280. The van der Waals surface area contributed by atoms with Gasteiger partial charge in [0.1, 0.15) is 16.7 Å². The lowest BCUT2D eigenvalue weighted by atomic mass is 10.0. The van der Waals surface area contributed by atoms with Crippen molar-refractivity contribution < 1.29 is 19.5 Å². The predicted molar refractivity (Wildman–Crippen MR) is 141 cm³/mol. The van der Waals surface area contributed by atoms with E-state index in [0.29, 0.717) is 28.7 Å². The lowest BCUT2D eigenvalue weighted by Gasteiger charge is -2.31. The number of carbonyl (C=O) groups excluding carboxylic acids is 3. The number of aromatic hydroxyl groups is 1. The average Bonchev–Trinajstić information content (AvgIpc) is 3.21. The van der Waals surface area contributed by atoms with E-state index in [1.807, 2.05) is 20.8 Å². The van der Waals surface area contributed by atoms with Crippen LogP contribution >= 0.6 is 23.1 Å². The summed E-state index contributed by atoms with van der Waals surface area (Å²) in [5, 5.41) is 13.1. The first-order valence-corrected chi connectivity index (χ1v) is 12.4. The van der Waals surface area contributed by atoms with E-state index in [9.17, 15) is 19.5 Å². The molecule has 3 amide bonds. The van der Waals surface area contributed by atoms with Gasteiger partial charge in [-0.05, 0) is 66.2 Å². The molecular weight excluding hydrogens is 502 g/mol. The van der Waals surface area contributed by atoms with Crippen molar-refractivity contribution in [1.82, 2.24) is 9.69 Å². The average molecular weight is 530 g/mol. The topological polar surface area (TPSA) is 152 Å². The van der Waals surface area contributed by atoms with Gasteiger partial charge >= 0.3 is 0 Å². The van der Waals surface area contributed by atoms with Crippen LogP contribution in [0.25, 0.3) is 0 Å². The van der Waals surface area contributed by atoms with Crippen molar-refractivity contribution in [3.63, 3.8) is 0 Å². The van der Waals surface area contributed by atoms with E-state index >= 15 is 0 Å². The lowest BCUT2D eigenvalue weighted by Crippen LogP contribution is -2.44. The Labute approximate surface area is 218 Å². The molecule has 9 nitrogen and oxygen atoms in total. The van der Waals surface area contributed by atoms with Crippen LogP contribution in [0, 0.1) is 12.8 Å². The number of halogens is 1. The van der Waals surface area contributed by atoms with E-state index in [4.69, 9.17) is 23.1 Å². The van der Waals surface area contributed by atoms with Gasteiger partial charge in [-0.1, -0.05) is 43.6 Å². The zero-order chi connectivity index (χ0) is 26.6. The Morgan fingerprint density at radius 2 is 1.83 bits per heavy atom. The van der Waals surface area contributed by atoms with Crippen LogP contribution in [0.1, 0.15) is 57.6 Å². The molecule has 1 aromatic heterocycles. The van der Waals surface area contributed by atoms with Gasteiger partial charge in [-0.2, -0.15) is 4.37 Å². The third-order valence-electron chi connectivity index (χ3n) is 5.54. The summed E-state index contributed by atoms with van der Waals surface area (Å²) in [6.45, 7) is 6.29. The van der Waals surface area contributed by atoms with Gasteiger partial charge in [-0.3, -0.25) is 19.3 Å². The first-order chi connectivity index (χ1) is 17.0. The van der Waals surface area contributed by atoms with Gasteiger partial charge in [0.2, 0.25) is 5.91 Å². The van der Waals surface area contributed by atoms with E-state index in [1.165, 1.54) is 17.0 Å². The standard InChI is InChI=1S/C25H28ClN5O4S/c1-13(2)10-11-29-24(34)21(15-5-8-17(32)9-6-15)31(16-7-4-14(3)18(26)12-16)25(35)22-19(27)20(23(28)33)30-36-22/h4-9,12-13,21,32H,10-11,27H2,1-3H3,(H2,28,33)(H,29,34)/t21-/m0/s1. The zero-order valence-corrected chi connectivity index (χ0v) is 21.7. The number of amides is 3. The van der Waals surface area contributed by atoms with Gasteiger partial charge < -0.3 is 21.9 Å². The lowest BCUT2D eigenvalue weighted by molar-refractivity contribution is -0.122. The van der Waals surface area contributed by atoms with Crippen LogP contribution < -0.4 is 21.7 Å². The van der Waals surface area contributed by atoms with Crippen LogP contribution in [0.2, 0.25) is 5.02 Å². The number of carbonyl (C=O) groups is 3. The number of primary amides is 1. The molecule has 0 aliphatic heterocycles. The van der Waals surface area contributed by atoms with E-state index in [2.05, 4.69) is 9.69 Å². The Kier molecular flexibility index (Phi) is 8.54. The minimum absolute atomic E-state index is 0.00627. The molecule has 0 fully saturated rings. The molecular formula is C25H28ClN5O4S. The number of hydrogen-bond donors (Lipinski definition) is 4. The van der Waals surface area contributed by atoms with Gasteiger partial charge in [-0.15, -0.1) is 0 Å². The maximum atomic E-state index is 14.0. The quantitative estimate of drug-likeness (QED) is 0.328. The number of nitrogens with zero attached hydrogens (tertiary/aromatic N) is 2. The monoisotopic (exact) mass is 529 g/mol. The number of phenols is 1. The molecule has 3 rings (SSSR count). The van der Waals surface area contributed by atoms with Gasteiger partial charge in [0, 0.05) is 17.3 Å². The minimum atomic E-state index is -1.15. The molecule has 0 aliphatic rings. The third kappa shape index (κ3) is 5.95. The van der Waals surface area contributed by atoms with E-state index in [-0.39, 0.29) is 22.0 Å². The molecule has 11 heteroatoms. The van der Waals surface area contributed by atoms with Gasteiger partial charge in [0.25, 0.3) is 11.8 Å². The van der Waals surface area contributed by atoms with Gasteiger partial charge in [0.15, 0.2) is 5.69 Å². The second-order valence-electron chi connectivity index (χ2n) is 8.71. The maximum absolute atomic E-state index is 14.0. The molecule has 0 bridgehead atoms. The summed E-state index contributed by atoms with van der Waals surface area (Å²) >= 11 is 7.11. The Bertz CT molecular complexity index is 1280. The van der Waals surface area contributed by atoms with Crippen LogP contribution in [-0.2, 0) is 4.79 Å². The number of anilines is 2. The predicted octanol–water partition coefficient (Wildman–Crippen LogP) is 4.04. The number of hydrogen-bond acceptors (Lipinski definition) is 7. The van der Waals surface area contributed by atoms with Crippen LogP contribution in [-0.4, -0.2) is 33.7 Å². The summed E-state index contributed by atoms with van der Waals surface area (Å²) in [5.74, 6) is -1.60. The van der Waals surface area contributed by atoms with Crippen molar-refractivity contribution in [3.05, 3.63) is 69.2 Å². The molecule has 6 N–H and O–H groups in total. The van der Waals surface area contributed by atoms with Crippen molar-refractivity contribution in [3.8, 4) is 5.75 Å². The number of benzene rings is 2. The van der Waals surface area contributed by atoms with Crippen molar-refractivity contribution in [1.29, 1.82) is 0 Å². The fourth-order valence-electron chi connectivity index (χ4n) is 3.51. The molecule has 1 heterocycles. The van der Waals surface area contributed by atoms with E-state index < -0.39 is 23.8 Å². The number of phenolic OH excluding ortho intramolecular Hbond substituents is 1. The number of nitrogen functional groups attached to an aromatic ring is 1. The second-order valence-corrected chi connectivity index (χ2v) is 9.90. The molecule has 190 valence electrons. The summed E-state index contributed by atoms with van der Waals surface area (Å²) < 4.78 is 3.94. The Balaban J connectivity index is 2.18. The molecule has 0 spiro atoms. The third-order valence-corrected chi connectivity index (χ3v) is 6.80. The molecule has 3 aromatic rings. The number of nitrogens with two attached hydrogens (primary N) is 2. The molecule has 0 aliphatic carbocycles. The molecule has 2 aromatic carbocycles. The maximum Gasteiger partial charge on any atom is 0.273 e. The summed E-state index contributed by atoms with van der Waals surface area (Å²) in [6, 6.07) is 9.80. The van der Waals surface area contributed by atoms with Crippen LogP contribution in [0.3, 0.4) is 0 Å². The van der Waals surface area contributed by atoms with Crippen molar-refractivity contribution in [2.45, 2.75) is 33.2 Å². The number of rotatable bonds is 9. The summed E-state index contributed by atoms with van der Waals surface area (Å²) in [7, 11) is 0. The highest BCUT2D eigenvalue weighted by molar-refractivity contribution is 7.09. The molecule has 0 saturated carbocycles. The molecule has 0 unspecified atom stereocenters. The zero-order valence-electron chi connectivity index (χ0n) is 20.1. The largest absolute Gasteiger partial charge is 0.508 e. The highest BCUT2D eigenvalue weighted by Gasteiger charge is 2.36. The Morgan fingerprint density at radius 1 is 1.17 bits per heavy atom.